The molecule has 1 aliphatic rings. The first kappa shape index (κ1) is 13.9. The van der Waals surface area contributed by atoms with Crippen LogP contribution in [0.2, 0.25) is 0 Å². The standard InChI is InChI=1S/C13H15BrN2O3/c1-19-13(18)9-3-2-4-10(15)12(9)16-7-8(6-14)5-11(16)17/h2-4,8H,5-7,15H2,1H3. The van der Waals surface area contributed by atoms with Gasteiger partial charge < -0.3 is 15.4 Å². The van der Waals surface area contributed by atoms with Crippen molar-refractivity contribution in [2.45, 2.75) is 6.42 Å². The van der Waals surface area contributed by atoms with Crippen molar-refractivity contribution >= 4 is 39.2 Å². The van der Waals surface area contributed by atoms with Crippen molar-refractivity contribution in [3.63, 3.8) is 0 Å². The van der Waals surface area contributed by atoms with Gasteiger partial charge in [0.2, 0.25) is 5.91 Å². The van der Waals surface area contributed by atoms with Crippen LogP contribution in [0.15, 0.2) is 18.2 Å². The van der Waals surface area contributed by atoms with Crippen molar-refractivity contribution in [1.82, 2.24) is 0 Å². The average molecular weight is 327 g/mol. The van der Waals surface area contributed by atoms with Crippen LogP contribution in [0.25, 0.3) is 0 Å². The van der Waals surface area contributed by atoms with Crippen LogP contribution >= 0.6 is 15.9 Å². The van der Waals surface area contributed by atoms with Crippen LogP contribution < -0.4 is 10.6 Å². The van der Waals surface area contributed by atoms with Gasteiger partial charge in [-0.3, -0.25) is 4.79 Å². The van der Waals surface area contributed by atoms with Crippen molar-refractivity contribution in [3.05, 3.63) is 23.8 Å². The number of rotatable bonds is 3. The van der Waals surface area contributed by atoms with Crippen LogP contribution in [0.3, 0.4) is 0 Å². The summed E-state index contributed by atoms with van der Waals surface area (Å²) >= 11 is 3.38. The van der Waals surface area contributed by atoms with Crippen LogP contribution in [0, 0.1) is 5.92 Å². The summed E-state index contributed by atoms with van der Waals surface area (Å²) in [6.07, 6.45) is 0.459. The van der Waals surface area contributed by atoms with Gasteiger partial charge in [0.1, 0.15) is 0 Å². The molecule has 19 heavy (non-hydrogen) atoms. The minimum atomic E-state index is -0.489. The van der Waals surface area contributed by atoms with E-state index in [1.54, 1.807) is 23.1 Å². The Labute approximate surface area is 119 Å². The largest absolute Gasteiger partial charge is 0.465 e. The summed E-state index contributed by atoms with van der Waals surface area (Å²) < 4.78 is 4.74. The quantitative estimate of drug-likeness (QED) is 0.522. The van der Waals surface area contributed by atoms with E-state index in [2.05, 4.69) is 15.9 Å². The first-order valence-electron chi connectivity index (χ1n) is 5.91. The number of methoxy groups -OCH3 is 1. The third kappa shape index (κ3) is 2.58. The van der Waals surface area contributed by atoms with E-state index in [1.165, 1.54) is 7.11 Å². The number of carbonyl (C=O) groups excluding carboxylic acids is 2. The first-order valence-corrected chi connectivity index (χ1v) is 7.03. The van der Waals surface area contributed by atoms with E-state index in [0.29, 0.717) is 29.9 Å². The van der Waals surface area contributed by atoms with Gasteiger partial charge in [-0.05, 0) is 18.1 Å². The molecule has 1 unspecified atom stereocenters. The summed E-state index contributed by atoms with van der Waals surface area (Å²) in [4.78, 5) is 25.4. The minimum absolute atomic E-state index is 0.0208. The summed E-state index contributed by atoms with van der Waals surface area (Å²) in [5.41, 5.74) is 7.12. The van der Waals surface area contributed by atoms with E-state index < -0.39 is 5.97 Å². The van der Waals surface area contributed by atoms with Gasteiger partial charge in [-0.1, -0.05) is 22.0 Å². The van der Waals surface area contributed by atoms with E-state index in [9.17, 15) is 9.59 Å². The lowest BCUT2D eigenvalue weighted by atomic mass is 10.1. The summed E-state index contributed by atoms with van der Waals surface area (Å²) in [5, 5.41) is 0.746. The minimum Gasteiger partial charge on any atom is -0.465 e. The average Bonchev–Trinajstić information content (AvgIpc) is 2.78. The highest BCUT2D eigenvalue weighted by molar-refractivity contribution is 9.09. The van der Waals surface area contributed by atoms with E-state index in [4.69, 9.17) is 10.5 Å². The molecule has 2 N–H and O–H groups in total. The Morgan fingerprint density at radius 2 is 2.32 bits per heavy atom. The SMILES string of the molecule is COC(=O)c1cccc(N)c1N1CC(CBr)CC1=O. The predicted octanol–water partition coefficient (Wildman–Crippen LogP) is 1.80. The van der Waals surface area contributed by atoms with Crippen molar-refractivity contribution in [3.8, 4) is 0 Å². The maximum absolute atomic E-state index is 12.1. The number of nitrogens with zero attached hydrogens (tertiary/aromatic N) is 1. The number of halogens is 1. The Kier molecular flexibility index (Phi) is 4.09. The molecule has 1 aliphatic heterocycles. The third-order valence-corrected chi connectivity index (χ3v) is 4.08. The zero-order valence-electron chi connectivity index (χ0n) is 10.6. The molecule has 0 bridgehead atoms. The van der Waals surface area contributed by atoms with Crippen LogP contribution in [-0.2, 0) is 9.53 Å². The molecule has 102 valence electrons. The number of ether oxygens (including phenoxy) is 1. The zero-order chi connectivity index (χ0) is 14.0. The maximum atomic E-state index is 12.1. The molecule has 1 amide bonds. The van der Waals surface area contributed by atoms with Crippen LogP contribution in [0.1, 0.15) is 16.8 Å². The lowest BCUT2D eigenvalue weighted by molar-refractivity contribution is -0.117. The van der Waals surface area contributed by atoms with Crippen LogP contribution in [0.5, 0.6) is 0 Å². The second kappa shape index (κ2) is 5.61. The van der Waals surface area contributed by atoms with Crippen LogP contribution in [0.4, 0.5) is 11.4 Å². The summed E-state index contributed by atoms with van der Waals surface area (Å²) in [5.74, 6) is -0.275. The molecular formula is C13H15BrN2O3. The molecule has 5 nitrogen and oxygen atoms in total. The molecule has 1 heterocycles. The molecule has 2 rings (SSSR count). The Balaban J connectivity index is 2.44. The Morgan fingerprint density at radius 3 is 2.89 bits per heavy atom. The molecule has 0 radical (unpaired) electrons. The zero-order valence-corrected chi connectivity index (χ0v) is 12.1. The lowest BCUT2D eigenvalue weighted by Gasteiger charge is -2.21. The number of anilines is 2. The second-order valence-corrected chi connectivity index (χ2v) is 5.11. The predicted molar refractivity (Wildman–Crippen MR) is 76.4 cm³/mol. The molecule has 1 saturated heterocycles. The molecule has 6 heteroatoms. The number of esters is 1. The fourth-order valence-electron chi connectivity index (χ4n) is 2.24. The van der Waals surface area contributed by atoms with E-state index in [-0.39, 0.29) is 11.8 Å². The van der Waals surface area contributed by atoms with Crippen LogP contribution in [-0.4, -0.2) is 30.9 Å². The van der Waals surface area contributed by atoms with Gasteiger partial charge in [0, 0.05) is 18.3 Å². The highest BCUT2D eigenvalue weighted by Gasteiger charge is 2.33. The number of hydrogen-bond donors (Lipinski definition) is 1. The van der Waals surface area contributed by atoms with Crippen molar-refractivity contribution in [2.75, 3.05) is 29.6 Å². The Hall–Kier alpha value is -1.56. The number of benzene rings is 1. The Bertz CT molecular complexity index is 519. The lowest BCUT2D eigenvalue weighted by Crippen LogP contribution is -2.28. The maximum Gasteiger partial charge on any atom is 0.340 e. The highest BCUT2D eigenvalue weighted by Crippen LogP contribution is 2.33. The molecule has 1 aromatic rings. The second-order valence-electron chi connectivity index (χ2n) is 4.46. The number of hydrogen-bond acceptors (Lipinski definition) is 4. The van der Waals surface area contributed by atoms with E-state index in [1.807, 2.05) is 0 Å². The van der Waals surface area contributed by atoms with Gasteiger partial charge in [-0.25, -0.2) is 4.79 Å². The number of amides is 1. The monoisotopic (exact) mass is 326 g/mol. The van der Waals surface area contributed by atoms with Crippen molar-refractivity contribution < 1.29 is 14.3 Å². The van der Waals surface area contributed by atoms with Gasteiger partial charge in [0.05, 0.1) is 24.0 Å². The number of alkyl halides is 1. The topological polar surface area (TPSA) is 72.6 Å². The van der Waals surface area contributed by atoms with Gasteiger partial charge in [-0.15, -0.1) is 0 Å². The van der Waals surface area contributed by atoms with Gasteiger partial charge in [0.15, 0.2) is 0 Å². The number of para-hydroxylation sites is 1. The molecule has 1 fully saturated rings. The first-order chi connectivity index (χ1) is 9.08. The third-order valence-electron chi connectivity index (χ3n) is 3.17. The fourth-order valence-corrected chi connectivity index (χ4v) is 2.67. The molecular weight excluding hydrogens is 312 g/mol. The molecule has 0 aromatic heterocycles. The summed E-state index contributed by atoms with van der Waals surface area (Å²) in [7, 11) is 1.31. The smallest absolute Gasteiger partial charge is 0.340 e. The summed E-state index contributed by atoms with van der Waals surface area (Å²) in [6.45, 7) is 0.558. The van der Waals surface area contributed by atoms with Crippen molar-refractivity contribution in [2.24, 2.45) is 5.92 Å². The molecule has 0 aliphatic carbocycles. The Morgan fingerprint density at radius 1 is 1.58 bits per heavy atom. The van der Waals surface area contributed by atoms with Crippen molar-refractivity contribution in [1.29, 1.82) is 0 Å². The highest BCUT2D eigenvalue weighted by atomic mass is 79.9. The van der Waals surface area contributed by atoms with Gasteiger partial charge in [0.25, 0.3) is 0 Å². The normalized spacial score (nSPS) is 18.7. The van der Waals surface area contributed by atoms with E-state index >= 15 is 0 Å². The molecule has 1 atom stereocenters. The molecule has 0 saturated carbocycles. The molecule has 1 aromatic carbocycles. The number of carbonyl (C=O) groups is 2. The van der Waals surface area contributed by atoms with Gasteiger partial charge in [-0.2, -0.15) is 0 Å². The van der Waals surface area contributed by atoms with E-state index in [0.717, 1.165) is 5.33 Å². The van der Waals surface area contributed by atoms with Gasteiger partial charge >= 0.3 is 5.97 Å². The summed E-state index contributed by atoms with van der Waals surface area (Å²) in [6, 6.07) is 4.97. The molecule has 0 spiro atoms. The number of nitrogen functional groups attached to an aromatic ring is 1. The fraction of sp³-hybridized carbons (Fsp3) is 0.385. The number of nitrogens with two attached hydrogens (primary N) is 1.